The molecule has 1 aliphatic carbocycles. The van der Waals surface area contributed by atoms with Crippen LogP contribution in [0.4, 0.5) is 0 Å². The van der Waals surface area contributed by atoms with E-state index in [1.54, 1.807) is 48.5 Å². The Hall–Kier alpha value is -1.79. The van der Waals surface area contributed by atoms with E-state index < -0.39 is 0 Å². The van der Waals surface area contributed by atoms with E-state index in [1.807, 2.05) is 0 Å². The molecule has 3 heteroatoms. The lowest BCUT2D eigenvalue weighted by atomic mass is 9.84. The Bertz CT molecular complexity index is 512. The van der Waals surface area contributed by atoms with E-state index in [9.17, 15) is 9.59 Å². The third kappa shape index (κ3) is 1.62. The van der Waals surface area contributed by atoms with Crippen molar-refractivity contribution in [3.63, 3.8) is 0 Å². The summed E-state index contributed by atoms with van der Waals surface area (Å²) in [6.45, 7) is 0. The van der Waals surface area contributed by atoms with Gasteiger partial charge in [-0.1, -0.05) is 48.5 Å². The molecule has 0 spiro atoms. The number of hydrogen-bond donors (Lipinski definition) is 0. The molecule has 0 aliphatic heterocycles. The quantitative estimate of drug-likeness (QED) is 0.568. The SMILES string of the molecule is O=C1c2ccccc2C(=O)c2ccccc21.P. The normalized spacial score (nSPS) is 12.5. The lowest BCUT2D eigenvalue weighted by Crippen LogP contribution is -2.20. The Morgan fingerprint density at radius 1 is 0.529 bits per heavy atom. The van der Waals surface area contributed by atoms with Crippen LogP contribution in [0.1, 0.15) is 31.8 Å². The highest BCUT2D eigenvalue weighted by molar-refractivity contribution is 6.92. The fourth-order valence-corrected chi connectivity index (χ4v) is 2.05. The van der Waals surface area contributed by atoms with E-state index in [2.05, 4.69) is 0 Å². The highest BCUT2D eigenvalue weighted by Gasteiger charge is 2.28. The van der Waals surface area contributed by atoms with Crippen molar-refractivity contribution in [1.82, 2.24) is 0 Å². The molecule has 17 heavy (non-hydrogen) atoms. The summed E-state index contributed by atoms with van der Waals surface area (Å²) in [4.78, 5) is 24.2. The second-order valence-electron chi connectivity index (χ2n) is 3.75. The summed E-state index contributed by atoms with van der Waals surface area (Å²) < 4.78 is 0. The average molecular weight is 242 g/mol. The third-order valence-corrected chi connectivity index (χ3v) is 2.83. The maximum atomic E-state index is 12.1. The number of fused-ring (bicyclic) bond motifs is 2. The van der Waals surface area contributed by atoms with Gasteiger partial charge in [-0.25, -0.2) is 0 Å². The molecular formula is C14H11O2P. The molecule has 0 amide bonds. The predicted molar refractivity (Wildman–Crippen MR) is 70.9 cm³/mol. The summed E-state index contributed by atoms with van der Waals surface area (Å²) in [6.07, 6.45) is 0. The molecule has 0 radical (unpaired) electrons. The number of carbonyl (C=O) groups is 2. The first-order chi connectivity index (χ1) is 7.79. The molecule has 1 aliphatic rings. The Balaban J connectivity index is 0.00000108. The summed E-state index contributed by atoms with van der Waals surface area (Å²) in [7, 11) is 0. The van der Waals surface area contributed by atoms with E-state index in [0.29, 0.717) is 22.3 Å². The largest absolute Gasteiger partial charge is 0.289 e. The molecule has 3 rings (SSSR count). The van der Waals surface area contributed by atoms with Crippen LogP contribution in [0.2, 0.25) is 0 Å². The summed E-state index contributed by atoms with van der Waals surface area (Å²) in [5.74, 6) is -0.128. The molecule has 0 N–H and O–H groups in total. The van der Waals surface area contributed by atoms with Gasteiger partial charge in [0.05, 0.1) is 0 Å². The number of ketones is 2. The van der Waals surface area contributed by atoms with Gasteiger partial charge in [0.25, 0.3) is 0 Å². The Morgan fingerprint density at radius 3 is 1.00 bits per heavy atom. The van der Waals surface area contributed by atoms with E-state index >= 15 is 0 Å². The summed E-state index contributed by atoms with van der Waals surface area (Å²) in [5, 5.41) is 0. The van der Waals surface area contributed by atoms with Gasteiger partial charge in [0.15, 0.2) is 11.6 Å². The highest BCUT2D eigenvalue weighted by atomic mass is 31.0. The van der Waals surface area contributed by atoms with Gasteiger partial charge < -0.3 is 0 Å². The van der Waals surface area contributed by atoms with Crippen molar-refractivity contribution in [3.8, 4) is 0 Å². The number of hydrogen-bond acceptors (Lipinski definition) is 2. The second-order valence-corrected chi connectivity index (χ2v) is 3.75. The second kappa shape index (κ2) is 4.23. The Morgan fingerprint density at radius 2 is 0.765 bits per heavy atom. The Kier molecular flexibility index (Phi) is 2.91. The molecule has 2 aromatic rings. The van der Waals surface area contributed by atoms with Crippen molar-refractivity contribution in [2.24, 2.45) is 0 Å². The van der Waals surface area contributed by atoms with Crippen molar-refractivity contribution < 1.29 is 9.59 Å². The van der Waals surface area contributed by atoms with Crippen molar-refractivity contribution in [1.29, 1.82) is 0 Å². The molecule has 1 unspecified atom stereocenters. The van der Waals surface area contributed by atoms with Crippen LogP contribution < -0.4 is 0 Å². The van der Waals surface area contributed by atoms with Gasteiger partial charge in [0.1, 0.15) is 0 Å². The zero-order valence-corrected chi connectivity index (χ0v) is 10.6. The minimum atomic E-state index is -0.0641. The third-order valence-electron chi connectivity index (χ3n) is 2.83. The van der Waals surface area contributed by atoms with E-state index in [4.69, 9.17) is 0 Å². The van der Waals surface area contributed by atoms with Crippen LogP contribution in [0.5, 0.6) is 0 Å². The van der Waals surface area contributed by atoms with Gasteiger partial charge in [-0.3, -0.25) is 9.59 Å². The highest BCUT2D eigenvalue weighted by Crippen LogP contribution is 2.26. The monoisotopic (exact) mass is 242 g/mol. The minimum absolute atomic E-state index is 0. The zero-order chi connectivity index (χ0) is 11.1. The molecule has 2 aromatic carbocycles. The van der Waals surface area contributed by atoms with Crippen LogP contribution in [-0.2, 0) is 0 Å². The van der Waals surface area contributed by atoms with Gasteiger partial charge in [0, 0.05) is 22.3 Å². The first kappa shape index (κ1) is 11.7. The van der Waals surface area contributed by atoms with E-state index in [-0.39, 0.29) is 21.5 Å². The fraction of sp³-hybridized carbons (Fsp3) is 0. The van der Waals surface area contributed by atoms with Crippen molar-refractivity contribution in [3.05, 3.63) is 70.8 Å². The molecule has 1 atom stereocenters. The lowest BCUT2D eigenvalue weighted by molar-refractivity contribution is 0.0979. The van der Waals surface area contributed by atoms with Crippen LogP contribution in [0.3, 0.4) is 0 Å². The number of benzene rings is 2. The van der Waals surface area contributed by atoms with Crippen LogP contribution in [-0.4, -0.2) is 11.6 Å². The van der Waals surface area contributed by atoms with Gasteiger partial charge >= 0.3 is 0 Å². The molecule has 2 nitrogen and oxygen atoms in total. The molecule has 0 fully saturated rings. The number of rotatable bonds is 0. The van der Waals surface area contributed by atoms with Gasteiger partial charge in [-0.05, 0) is 0 Å². The first-order valence-electron chi connectivity index (χ1n) is 5.06. The van der Waals surface area contributed by atoms with Crippen LogP contribution >= 0.6 is 9.90 Å². The molecule has 0 bridgehead atoms. The van der Waals surface area contributed by atoms with Crippen molar-refractivity contribution in [2.75, 3.05) is 0 Å². The lowest BCUT2D eigenvalue weighted by Gasteiger charge is -2.16. The van der Waals surface area contributed by atoms with Crippen molar-refractivity contribution >= 4 is 21.5 Å². The average Bonchev–Trinajstić information content (AvgIpc) is 2.36. The molecule has 0 saturated carbocycles. The van der Waals surface area contributed by atoms with Crippen LogP contribution in [0.15, 0.2) is 48.5 Å². The van der Waals surface area contributed by atoms with Gasteiger partial charge in [-0.15, -0.1) is 0 Å². The van der Waals surface area contributed by atoms with Crippen LogP contribution in [0.25, 0.3) is 0 Å². The Labute approximate surface area is 102 Å². The van der Waals surface area contributed by atoms with Gasteiger partial charge in [-0.2, -0.15) is 9.90 Å². The summed E-state index contributed by atoms with van der Waals surface area (Å²) >= 11 is 0. The van der Waals surface area contributed by atoms with Gasteiger partial charge in [0.2, 0.25) is 0 Å². The molecule has 0 saturated heterocycles. The first-order valence-corrected chi connectivity index (χ1v) is 5.06. The topological polar surface area (TPSA) is 34.1 Å². The predicted octanol–water partition coefficient (Wildman–Crippen LogP) is 2.52. The van der Waals surface area contributed by atoms with E-state index in [1.165, 1.54) is 0 Å². The van der Waals surface area contributed by atoms with Crippen LogP contribution in [0, 0.1) is 0 Å². The maximum Gasteiger partial charge on any atom is 0.194 e. The minimum Gasteiger partial charge on any atom is -0.289 e. The summed E-state index contributed by atoms with van der Waals surface area (Å²) in [5.41, 5.74) is 2.02. The van der Waals surface area contributed by atoms with E-state index in [0.717, 1.165) is 0 Å². The molecule has 0 heterocycles. The summed E-state index contributed by atoms with van der Waals surface area (Å²) in [6, 6.07) is 13.9. The zero-order valence-electron chi connectivity index (χ0n) is 9.14. The standard InChI is InChI=1S/C14H8O2.H3P/c15-13-9-5-1-2-6-10(9)14(16)12-8-4-3-7-11(12)13;/h1-8H;1H3. The molecule has 0 aromatic heterocycles. The molecule has 84 valence electrons. The maximum absolute atomic E-state index is 12.1. The number of carbonyl (C=O) groups excluding carboxylic acids is 2. The fourth-order valence-electron chi connectivity index (χ4n) is 2.05. The smallest absolute Gasteiger partial charge is 0.194 e. The molecular weight excluding hydrogens is 231 g/mol. The van der Waals surface area contributed by atoms with Crippen molar-refractivity contribution in [2.45, 2.75) is 0 Å².